The van der Waals surface area contributed by atoms with Gasteiger partial charge in [-0.3, -0.25) is 9.52 Å². The highest BCUT2D eigenvalue weighted by Gasteiger charge is 2.21. The Morgan fingerprint density at radius 3 is 2.93 bits per heavy atom. The van der Waals surface area contributed by atoms with Crippen molar-refractivity contribution < 1.29 is 13.2 Å². The topological polar surface area (TPSA) is 102 Å². The maximum Gasteiger partial charge on any atom is 0.229 e. The number of thiophene rings is 1. The van der Waals surface area contributed by atoms with Crippen molar-refractivity contribution >= 4 is 43.6 Å². The van der Waals surface area contributed by atoms with Gasteiger partial charge in [0.25, 0.3) is 0 Å². The van der Waals surface area contributed by atoms with E-state index in [9.17, 15) is 13.2 Å². The van der Waals surface area contributed by atoms with E-state index < -0.39 is 10.0 Å². The summed E-state index contributed by atoms with van der Waals surface area (Å²) in [7, 11) is -3.35. The fraction of sp³-hybridized carbons (Fsp3) is 0.333. The molecule has 0 fully saturated rings. The highest BCUT2D eigenvalue weighted by molar-refractivity contribution is 7.92. The van der Waals surface area contributed by atoms with Crippen LogP contribution < -0.4 is 14.9 Å². The number of sulfonamides is 1. The molecular formula is C18H20N4O3S2. The second-order valence-electron chi connectivity index (χ2n) is 6.34. The predicted molar refractivity (Wildman–Crippen MR) is 108 cm³/mol. The second kappa shape index (κ2) is 7.98. The predicted octanol–water partition coefficient (Wildman–Crippen LogP) is 2.77. The van der Waals surface area contributed by atoms with Gasteiger partial charge in [0.05, 0.1) is 17.5 Å². The molecule has 1 aliphatic rings. The van der Waals surface area contributed by atoms with Crippen molar-refractivity contribution in [1.29, 1.82) is 5.26 Å². The standard InChI is InChI=1S/C18H20N4O3S2/c1-27(24,25)21-15-5-2-6-16-14(15)4-3-9-22(16)10-7-17(23)20-18-13(12-19)8-11-26-18/h2,5-6,8,11,21H,3-4,7,9-10H2,1H3,(H,20,23). The monoisotopic (exact) mass is 404 g/mol. The summed E-state index contributed by atoms with van der Waals surface area (Å²) in [4.78, 5) is 14.4. The Hall–Kier alpha value is -2.57. The minimum absolute atomic E-state index is 0.147. The Balaban J connectivity index is 1.69. The van der Waals surface area contributed by atoms with Crippen molar-refractivity contribution in [3.05, 3.63) is 40.8 Å². The molecule has 142 valence electrons. The number of benzene rings is 1. The number of fused-ring (bicyclic) bond motifs is 1. The zero-order valence-electron chi connectivity index (χ0n) is 14.9. The van der Waals surface area contributed by atoms with E-state index in [0.717, 1.165) is 36.9 Å². The fourth-order valence-electron chi connectivity index (χ4n) is 3.15. The van der Waals surface area contributed by atoms with Gasteiger partial charge in [-0.2, -0.15) is 5.26 Å². The molecule has 2 N–H and O–H groups in total. The molecule has 0 bridgehead atoms. The van der Waals surface area contributed by atoms with Crippen LogP contribution in [0.25, 0.3) is 0 Å². The third-order valence-corrected chi connectivity index (χ3v) is 5.71. The van der Waals surface area contributed by atoms with E-state index in [1.807, 2.05) is 12.1 Å². The van der Waals surface area contributed by atoms with Crippen LogP contribution in [-0.2, 0) is 21.2 Å². The molecule has 0 aliphatic carbocycles. The molecule has 1 amide bonds. The average Bonchev–Trinajstić information content (AvgIpc) is 3.06. The number of rotatable bonds is 6. The van der Waals surface area contributed by atoms with Crippen LogP contribution in [0.5, 0.6) is 0 Å². The lowest BCUT2D eigenvalue weighted by Gasteiger charge is -2.32. The van der Waals surface area contributed by atoms with Gasteiger partial charge in [0.1, 0.15) is 11.1 Å². The molecule has 0 saturated carbocycles. The summed E-state index contributed by atoms with van der Waals surface area (Å²) in [5, 5.41) is 14.1. The van der Waals surface area contributed by atoms with Crippen LogP contribution in [-0.4, -0.2) is 33.7 Å². The SMILES string of the molecule is CS(=O)(=O)Nc1cccc2c1CCCN2CCC(=O)Nc1sccc1C#N. The summed E-state index contributed by atoms with van der Waals surface area (Å²) in [5.74, 6) is -0.147. The molecule has 27 heavy (non-hydrogen) atoms. The summed E-state index contributed by atoms with van der Waals surface area (Å²) in [6.45, 7) is 1.33. The quantitative estimate of drug-likeness (QED) is 0.771. The fourth-order valence-corrected chi connectivity index (χ4v) is 4.49. The molecule has 3 rings (SSSR count). The number of amides is 1. The van der Waals surface area contributed by atoms with Gasteiger partial charge in [-0.05, 0) is 42.0 Å². The van der Waals surface area contributed by atoms with Crippen molar-refractivity contribution in [1.82, 2.24) is 0 Å². The van der Waals surface area contributed by atoms with Crippen LogP contribution in [0, 0.1) is 11.3 Å². The summed E-state index contributed by atoms with van der Waals surface area (Å²) in [6, 6.07) is 9.26. The van der Waals surface area contributed by atoms with Gasteiger partial charge in [0.2, 0.25) is 15.9 Å². The molecule has 7 nitrogen and oxygen atoms in total. The Kier molecular flexibility index (Phi) is 5.68. The molecule has 9 heteroatoms. The van der Waals surface area contributed by atoms with Gasteiger partial charge in [0.15, 0.2) is 0 Å². The van der Waals surface area contributed by atoms with Crippen molar-refractivity contribution in [3.8, 4) is 6.07 Å². The smallest absolute Gasteiger partial charge is 0.229 e. The molecule has 1 aromatic carbocycles. The van der Waals surface area contributed by atoms with Crippen LogP contribution in [0.15, 0.2) is 29.6 Å². The molecule has 0 spiro atoms. The van der Waals surface area contributed by atoms with Crippen LogP contribution in [0.4, 0.5) is 16.4 Å². The number of hydrogen-bond acceptors (Lipinski definition) is 6. The molecule has 0 atom stereocenters. The largest absolute Gasteiger partial charge is 0.371 e. The maximum absolute atomic E-state index is 12.3. The van der Waals surface area contributed by atoms with Crippen LogP contribution in [0.3, 0.4) is 0 Å². The number of nitrogens with zero attached hydrogens (tertiary/aromatic N) is 2. The second-order valence-corrected chi connectivity index (χ2v) is 9.01. The Morgan fingerprint density at radius 2 is 2.19 bits per heavy atom. The van der Waals surface area contributed by atoms with Crippen LogP contribution >= 0.6 is 11.3 Å². The first-order valence-corrected chi connectivity index (χ1v) is 11.3. The lowest BCUT2D eigenvalue weighted by Crippen LogP contribution is -2.33. The van der Waals surface area contributed by atoms with E-state index in [4.69, 9.17) is 5.26 Å². The summed E-state index contributed by atoms with van der Waals surface area (Å²) >= 11 is 1.33. The highest BCUT2D eigenvalue weighted by atomic mass is 32.2. The van der Waals surface area contributed by atoms with Crippen molar-refractivity contribution in [2.24, 2.45) is 0 Å². The van der Waals surface area contributed by atoms with Gasteiger partial charge in [-0.1, -0.05) is 6.07 Å². The normalized spacial score (nSPS) is 13.6. The molecule has 0 saturated heterocycles. The van der Waals surface area contributed by atoms with E-state index in [2.05, 4.69) is 21.0 Å². The van der Waals surface area contributed by atoms with Gasteiger partial charge in [0, 0.05) is 25.2 Å². The number of nitrogens with one attached hydrogen (secondary N) is 2. The average molecular weight is 405 g/mol. The van der Waals surface area contributed by atoms with Crippen molar-refractivity contribution in [3.63, 3.8) is 0 Å². The summed E-state index contributed by atoms with van der Waals surface area (Å²) in [6.07, 6.45) is 3.10. The third kappa shape index (κ3) is 4.78. The van der Waals surface area contributed by atoms with E-state index in [-0.39, 0.29) is 12.3 Å². The molecule has 0 radical (unpaired) electrons. The van der Waals surface area contributed by atoms with E-state index in [0.29, 0.717) is 22.8 Å². The molecule has 2 aromatic rings. The number of carbonyl (C=O) groups is 1. The first-order valence-electron chi connectivity index (χ1n) is 8.49. The first kappa shape index (κ1) is 19.2. The van der Waals surface area contributed by atoms with E-state index in [1.54, 1.807) is 17.5 Å². The van der Waals surface area contributed by atoms with Crippen LogP contribution in [0.1, 0.15) is 24.0 Å². The lowest BCUT2D eigenvalue weighted by molar-refractivity contribution is -0.116. The summed E-state index contributed by atoms with van der Waals surface area (Å²) < 4.78 is 25.7. The van der Waals surface area contributed by atoms with Gasteiger partial charge >= 0.3 is 0 Å². The minimum Gasteiger partial charge on any atom is -0.371 e. The maximum atomic E-state index is 12.3. The van der Waals surface area contributed by atoms with Crippen molar-refractivity contribution in [2.45, 2.75) is 19.3 Å². The number of anilines is 3. The van der Waals surface area contributed by atoms with E-state index in [1.165, 1.54) is 11.3 Å². The lowest BCUT2D eigenvalue weighted by atomic mass is 10.00. The molecule has 1 aromatic heterocycles. The Morgan fingerprint density at radius 1 is 1.37 bits per heavy atom. The molecule has 1 aliphatic heterocycles. The van der Waals surface area contributed by atoms with Crippen molar-refractivity contribution in [2.75, 3.05) is 34.3 Å². The van der Waals surface area contributed by atoms with Gasteiger partial charge < -0.3 is 10.2 Å². The van der Waals surface area contributed by atoms with Crippen LogP contribution in [0.2, 0.25) is 0 Å². The number of nitriles is 1. The Bertz CT molecular complexity index is 992. The minimum atomic E-state index is -3.35. The number of carbonyl (C=O) groups excluding carboxylic acids is 1. The molecular weight excluding hydrogens is 384 g/mol. The third-order valence-electron chi connectivity index (χ3n) is 4.29. The first-order chi connectivity index (χ1) is 12.9. The highest BCUT2D eigenvalue weighted by Crippen LogP contribution is 2.33. The Labute approximate surface area is 162 Å². The molecule has 0 unspecified atom stereocenters. The zero-order valence-corrected chi connectivity index (χ0v) is 16.5. The van der Waals surface area contributed by atoms with Gasteiger partial charge in [-0.25, -0.2) is 8.42 Å². The zero-order chi connectivity index (χ0) is 19.4. The molecule has 2 heterocycles. The van der Waals surface area contributed by atoms with Gasteiger partial charge in [-0.15, -0.1) is 11.3 Å². The summed E-state index contributed by atoms with van der Waals surface area (Å²) in [5.41, 5.74) is 2.98. The number of hydrogen-bond donors (Lipinski definition) is 2. The van der Waals surface area contributed by atoms with E-state index >= 15 is 0 Å².